The first-order valence-electron chi connectivity index (χ1n) is 7.66. The van der Waals surface area contributed by atoms with Gasteiger partial charge in [0, 0.05) is 39.8 Å². The van der Waals surface area contributed by atoms with E-state index in [1.807, 2.05) is 11.5 Å². The number of aromatic amines is 1. The number of hydrogen-bond acceptors (Lipinski definition) is 5. The Morgan fingerprint density at radius 3 is 2.48 bits per heavy atom. The zero-order valence-corrected chi connectivity index (χ0v) is 13.8. The Bertz CT molecular complexity index is 866. The van der Waals surface area contributed by atoms with E-state index < -0.39 is 11.2 Å². The van der Waals surface area contributed by atoms with E-state index in [2.05, 4.69) is 33.4 Å². The van der Waals surface area contributed by atoms with Gasteiger partial charge in [0.15, 0.2) is 11.2 Å². The first-order valence-corrected chi connectivity index (χ1v) is 7.66. The fourth-order valence-electron chi connectivity index (χ4n) is 2.89. The van der Waals surface area contributed by atoms with Gasteiger partial charge in [0.25, 0.3) is 5.56 Å². The maximum atomic E-state index is 12.3. The largest absolute Gasteiger partial charge is 0.340 e. The van der Waals surface area contributed by atoms with Gasteiger partial charge in [0.1, 0.15) is 0 Å². The number of anilines is 1. The van der Waals surface area contributed by atoms with E-state index in [0.717, 1.165) is 37.7 Å². The van der Waals surface area contributed by atoms with Gasteiger partial charge in [-0.1, -0.05) is 12.2 Å². The molecule has 1 fully saturated rings. The number of allylic oxidation sites excluding steroid dienone is 1. The Morgan fingerprint density at radius 2 is 1.87 bits per heavy atom. The fraction of sp³-hybridized carbons (Fsp3) is 0.533. The molecule has 3 heterocycles. The van der Waals surface area contributed by atoms with E-state index >= 15 is 0 Å². The summed E-state index contributed by atoms with van der Waals surface area (Å²) in [5.41, 5.74) is 0.899. The maximum absolute atomic E-state index is 12.3. The van der Waals surface area contributed by atoms with Crippen molar-refractivity contribution >= 4 is 17.1 Å². The molecule has 0 bridgehead atoms. The Balaban J connectivity index is 2.22. The number of H-pyrrole nitrogens is 1. The molecule has 3 rings (SSSR count). The van der Waals surface area contributed by atoms with Crippen molar-refractivity contribution in [3.63, 3.8) is 0 Å². The second-order valence-electron chi connectivity index (χ2n) is 6.24. The second kappa shape index (κ2) is 5.69. The first-order chi connectivity index (χ1) is 10.9. The van der Waals surface area contributed by atoms with Crippen LogP contribution in [-0.2, 0) is 13.6 Å². The Kier molecular flexibility index (Phi) is 3.85. The highest BCUT2D eigenvalue weighted by Gasteiger charge is 2.23. The summed E-state index contributed by atoms with van der Waals surface area (Å²) in [5, 5.41) is 0. The highest BCUT2D eigenvalue weighted by Crippen LogP contribution is 2.21. The van der Waals surface area contributed by atoms with Crippen LogP contribution in [-0.4, -0.2) is 57.2 Å². The molecule has 124 valence electrons. The standard InChI is InChI=1S/C15H22N6O2/c1-10(2)9-21-11-12(19(4)15(23)17-13(11)22)16-14(21)20-7-5-18(3)6-8-20/h1,5-9H2,2-4H3,(H,17,22,23). The van der Waals surface area contributed by atoms with Crippen molar-refractivity contribution in [1.82, 2.24) is 24.0 Å². The molecular weight excluding hydrogens is 296 g/mol. The molecule has 23 heavy (non-hydrogen) atoms. The number of likely N-dealkylation sites (N-methyl/N-ethyl adjacent to an activating group) is 1. The highest BCUT2D eigenvalue weighted by molar-refractivity contribution is 5.74. The molecule has 0 spiro atoms. The van der Waals surface area contributed by atoms with Crippen molar-refractivity contribution < 1.29 is 0 Å². The average Bonchev–Trinajstić information content (AvgIpc) is 2.85. The van der Waals surface area contributed by atoms with Crippen molar-refractivity contribution in [1.29, 1.82) is 0 Å². The third-order valence-electron chi connectivity index (χ3n) is 4.20. The predicted molar refractivity (Wildman–Crippen MR) is 90.1 cm³/mol. The normalized spacial score (nSPS) is 16.2. The van der Waals surface area contributed by atoms with E-state index in [4.69, 9.17) is 0 Å². The Morgan fingerprint density at radius 1 is 1.22 bits per heavy atom. The van der Waals surface area contributed by atoms with Crippen molar-refractivity contribution in [2.45, 2.75) is 13.5 Å². The molecule has 0 unspecified atom stereocenters. The topological polar surface area (TPSA) is 79.2 Å². The number of imidazole rings is 1. The van der Waals surface area contributed by atoms with Gasteiger partial charge in [0.05, 0.1) is 0 Å². The molecule has 2 aromatic rings. The summed E-state index contributed by atoms with van der Waals surface area (Å²) in [5.74, 6) is 0.725. The summed E-state index contributed by atoms with van der Waals surface area (Å²) in [4.78, 5) is 35.5. The van der Waals surface area contributed by atoms with Crippen molar-refractivity contribution in [3.05, 3.63) is 33.0 Å². The summed E-state index contributed by atoms with van der Waals surface area (Å²) >= 11 is 0. The predicted octanol–water partition coefficient (Wildman–Crippen LogP) is -0.249. The number of nitrogens with one attached hydrogen (secondary N) is 1. The molecule has 0 radical (unpaired) electrons. The van der Waals surface area contributed by atoms with Gasteiger partial charge in [-0.3, -0.25) is 14.3 Å². The second-order valence-corrected chi connectivity index (χ2v) is 6.24. The van der Waals surface area contributed by atoms with Crippen molar-refractivity contribution in [3.8, 4) is 0 Å². The van der Waals surface area contributed by atoms with Gasteiger partial charge in [-0.15, -0.1) is 0 Å². The third-order valence-corrected chi connectivity index (χ3v) is 4.20. The Hall–Kier alpha value is -2.35. The van der Waals surface area contributed by atoms with Crippen molar-refractivity contribution in [2.24, 2.45) is 7.05 Å². The summed E-state index contributed by atoms with van der Waals surface area (Å²) in [6.07, 6.45) is 0. The SMILES string of the molecule is C=C(C)Cn1c(N2CCN(C)CC2)nc2c1c(=O)[nH]c(=O)n2C. The summed E-state index contributed by atoms with van der Waals surface area (Å²) in [6, 6.07) is 0. The smallest absolute Gasteiger partial charge is 0.329 e. The monoisotopic (exact) mass is 318 g/mol. The van der Waals surface area contributed by atoms with E-state index in [-0.39, 0.29) is 0 Å². The van der Waals surface area contributed by atoms with E-state index in [9.17, 15) is 9.59 Å². The number of nitrogens with zero attached hydrogens (tertiary/aromatic N) is 5. The summed E-state index contributed by atoms with van der Waals surface area (Å²) in [6.45, 7) is 9.90. The molecule has 1 saturated heterocycles. The third kappa shape index (κ3) is 2.70. The summed E-state index contributed by atoms with van der Waals surface area (Å²) < 4.78 is 3.24. The average molecular weight is 318 g/mol. The number of piperazine rings is 1. The van der Waals surface area contributed by atoms with Gasteiger partial charge in [-0.2, -0.15) is 4.98 Å². The number of aryl methyl sites for hydroxylation is 1. The molecule has 8 nitrogen and oxygen atoms in total. The molecule has 0 saturated carbocycles. The minimum Gasteiger partial charge on any atom is -0.340 e. The van der Waals surface area contributed by atoms with Crippen LogP contribution in [0.25, 0.3) is 11.2 Å². The minimum absolute atomic E-state index is 0.405. The highest BCUT2D eigenvalue weighted by atomic mass is 16.2. The van der Waals surface area contributed by atoms with Gasteiger partial charge in [0.2, 0.25) is 5.95 Å². The van der Waals surface area contributed by atoms with Gasteiger partial charge >= 0.3 is 5.69 Å². The van der Waals surface area contributed by atoms with E-state index in [0.29, 0.717) is 17.7 Å². The molecule has 0 aliphatic carbocycles. The lowest BCUT2D eigenvalue weighted by molar-refractivity contribution is 0.310. The number of rotatable bonds is 3. The van der Waals surface area contributed by atoms with Crippen LogP contribution in [0.4, 0.5) is 5.95 Å². The van der Waals surface area contributed by atoms with Crippen LogP contribution in [0.5, 0.6) is 0 Å². The number of aromatic nitrogens is 4. The van der Waals surface area contributed by atoms with Gasteiger partial charge in [-0.05, 0) is 14.0 Å². The van der Waals surface area contributed by atoms with Crippen LogP contribution in [0.1, 0.15) is 6.92 Å². The maximum Gasteiger partial charge on any atom is 0.329 e. The lowest BCUT2D eigenvalue weighted by atomic mass is 10.3. The van der Waals surface area contributed by atoms with Crippen LogP contribution >= 0.6 is 0 Å². The first kappa shape index (κ1) is 15.5. The van der Waals surface area contributed by atoms with E-state index in [1.54, 1.807) is 7.05 Å². The molecule has 0 amide bonds. The number of fused-ring (bicyclic) bond motifs is 1. The Labute approximate surface area is 133 Å². The molecule has 8 heteroatoms. The molecule has 2 aromatic heterocycles. The van der Waals surface area contributed by atoms with Gasteiger partial charge in [-0.25, -0.2) is 4.79 Å². The summed E-state index contributed by atoms with van der Waals surface area (Å²) in [7, 11) is 3.70. The fourth-order valence-corrected chi connectivity index (χ4v) is 2.89. The zero-order chi connectivity index (χ0) is 16.7. The molecule has 1 aliphatic heterocycles. The van der Waals surface area contributed by atoms with Crippen LogP contribution in [0, 0.1) is 0 Å². The molecular formula is C15H22N6O2. The van der Waals surface area contributed by atoms with E-state index in [1.165, 1.54) is 4.57 Å². The van der Waals surface area contributed by atoms with Crippen LogP contribution in [0.2, 0.25) is 0 Å². The lowest BCUT2D eigenvalue weighted by Gasteiger charge is -2.33. The van der Waals surface area contributed by atoms with Crippen LogP contribution in [0.15, 0.2) is 21.7 Å². The molecule has 1 N–H and O–H groups in total. The van der Waals surface area contributed by atoms with Crippen LogP contribution < -0.4 is 16.1 Å². The van der Waals surface area contributed by atoms with Crippen LogP contribution in [0.3, 0.4) is 0 Å². The number of hydrogen-bond donors (Lipinski definition) is 1. The minimum atomic E-state index is -0.451. The molecule has 0 aromatic carbocycles. The van der Waals surface area contributed by atoms with Crippen molar-refractivity contribution in [2.75, 3.05) is 38.1 Å². The lowest BCUT2D eigenvalue weighted by Crippen LogP contribution is -2.45. The zero-order valence-electron chi connectivity index (χ0n) is 13.8. The molecule has 1 aliphatic rings. The molecule has 0 atom stereocenters. The van der Waals surface area contributed by atoms with Gasteiger partial charge < -0.3 is 14.4 Å². The quantitative estimate of drug-likeness (QED) is 0.790.